The van der Waals surface area contributed by atoms with Gasteiger partial charge in [-0.1, -0.05) is 26.0 Å². The first-order chi connectivity index (χ1) is 18.8. The van der Waals surface area contributed by atoms with Gasteiger partial charge in [0.1, 0.15) is 18.0 Å². The maximum Gasteiger partial charge on any atom is 0.409 e. The van der Waals surface area contributed by atoms with Gasteiger partial charge in [-0.3, -0.25) is 9.59 Å². The van der Waals surface area contributed by atoms with Crippen molar-refractivity contribution in [3.05, 3.63) is 37.4 Å². The van der Waals surface area contributed by atoms with Crippen LogP contribution < -0.4 is 15.5 Å². The fraction of sp³-hybridized carbons (Fsp3) is 0.571. The Morgan fingerprint density at radius 1 is 1.13 bits per heavy atom. The van der Waals surface area contributed by atoms with Crippen molar-refractivity contribution in [3.8, 4) is 0 Å². The van der Waals surface area contributed by atoms with Gasteiger partial charge in [-0.15, -0.1) is 13.2 Å². The number of rotatable bonds is 12. The van der Waals surface area contributed by atoms with Crippen LogP contribution in [0.5, 0.6) is 0 Å². The van der Waals surface area contributed by atoms with Crippen molar-refractivity contribution in [2.75, 3.05) is 74.6 Å². The van der Waals surface area contributed by atoms with Crippen molar-refractivity contribution in [2.24, 2.45) is 5.92 Å². The first kappa shape index (κ1) is 28.4. The summed E-state index contributed by atoms with van der Waals surface area (Å²) < 4.78 is 11.4. The molecular weight excluding hydrogens is 500 g/mol. The number of piperazine rings is 1. The smallest absolute Gasteiger partial charge is 0.409 e. The van der Waals surface area contributed by atoms with E-state index in [1.54, 1.807) is 22.0 Å². The average molecular weight is 541 g/mol. The molecule has 4 heterocycles. The summed E-state index contributed by atoms with van der Waals surface area (Å²) in [5.74, 6) is 1.12. The molecule has 11 heteroatoms. The van der Waals surface area contributed by atoms with Crippen LogP contribution in [-0.2, 0) is 19.1 Å². The van der Waals surface area contributed by atoms with Gasteiger partial charge in [0, 0.05) is 45.8 Å². The number of fused-ring (bicyclic) bond motifs is 1. The fourth-order valence-electron chi connectivity index (χ4n) is 5.27. The van der Waals surface area contributed by atoms with Crippen molar-refractivity contribution in [1.82, 2.24) is 14.8 Å². The Bertz CT molecular complexity index is 1090. The molecule has 1 aromatic heterocycles. The molecule has 3 aliphatic rings. The second-order valence-corrected chi connectivity index (χ2v) is 10.5. The zero-order valence-corrected chi connectivity index (χ0v) is 23.0. The summed E-state index contributed by atoms with van der Waals surface area (Å²) in [6, 6.07) is 3.88. The third-order valence-corrected chi connectivity index (χ3v) is 7.28. The SMILES string of the molecule is C=CCNc1ccc(NCC=C)c(N2CCN(C(=O)OCC34CCCN3C(=O)C(OCC(C)C)C4=O)CC2)n1. The number of carbonyl (C=O) groups is 3. The average Bonchev–Trinajstić information content (AvgIpc) is 3.46. The molecule has 0 saturated carbocycles. The van der Waals surface area contributed by atoms with E-state index in [0.717, 1.165) is 17.3 Å². The molecule has 3 saturated heterocycles. The molecule has 1 aromatic rings. The topological polar surface area (TPSA) is 116 Å². The van der Waals surface area contributed by atoms with E-state index in [9.17, 15) is 14.4 Å². The second-order valence-electron chi connectivity index (χ2n) is 10.5. The van der Waals surface area contributed by atoms with Gasteiger partial charge in [0.05, 0.1) is 12.3 Å². The molecule has 3 aliphatic heterocycles. The number of anilines is 3. The summed E-state index contributed by atoms with van der Waals surface area (Å²) in [5, 5.41) is 6.54. The standard InChI is InChI=1S/C28H40N6O5/c1-5-11-29-21-8-9-22(30-12-6-2)31-25(21)32-14-16-33(17-15-32)27(37)39-19-28-10-7-13-34(28)26(36)23(24(28)35)38-18-20(3)4/h5-6,8-9,20,23,29H,1-2,7,10-19H2,3-4H3,(H,30,31). The lowest BCUT2D eigenvalue weighted by Crippen LogP contribution is -2.52. The lowest BCUT2D eigenvalue weighted by atomic mass is 9.93. The van der Waals surface area contributed by atoms with Gasteiger partial charge in [-0.2, -0.15) is 0 Å². The van der Waals surface area contributed by atoms with Crippen LogP contribution in [0, 0.1) is 5.92 Å². The van der Waals surface area contributed by atoms with Gasteiger partial charge < -0.3 is 34.8 Å². The molecule has 2 amide bonds. The minimum Gasteiger partial charge on any atom is -0.446 e. The molecule has 0 radical (unpaired) electrons. The van der Waals surface area contributed by atoms with E-state index < -0.39 is 17.7 Å². The largest absolute Gasteiger partial charge is 0.446 e. The molecule has 0 aliphatic carbocycles. The minimum absolute atomic E-state index is 0.146. The number of Topliss-reactive ketones (excluding diaryl/α,β-unsaturated/α-hetero) is 1. The molecule has 2 N–H and O–H groups in total. The van der Waals surface area contributed by atoms with Crippen LogP contribution in [0.1, 0.15) is 26.7 Å². The molecular formula is C28H40N6O5. The molecule has 39 heavy (non-hydrogen) atoms. The fourth-order valence-corrected chi connectivity index (χ4v) is 5.27. The van der Waals surface area contributed by atoms with Crippen molar-refractivity contribution in [2.45, 2.75) is 38.3 Å². The highest BCUT2D eigenvalue weighted by molar-refractivity contribution is 6.16. The van der Waals surface area contributed by atoms with Gasteiger partial charge in [0.15, 0.2) is 17.7 Å². The van der Waals surface area contributed by atoms with Gasteiger partial charge in [-0.25, -0.2) is 9.78 Å². The Kier molecular flexibility index (Phi) is 9.11. The molecule has 2 atom stereocenters. The molecule has 3 fully saturated rings. The number of pyridine rings is 1. The van der Waals surface area contributed by atoms with Crippen LogP contribution >= 0.6 is 0 Å². The number of amides is 2. The molecule has 212 valence electrons. The monoisotopic (exact) mass is 540 g/mol. The van der Waals surface area contributed by atoms with Gasteiger partial charge in [0.25, 0.3) is 5.91 Å². The number of aromatic nitrogens is 1. The summed E-state index contributed by atoms with van der Waals surface area (Å²) in [6.45, 7) is 15.3. The number of hydrogen-bond acceptors (Lipinski definition) is 9. The zero-order valence-electron chi connectivity index (χ0n) is 23.0. The van der Waals surface area contributed by atoms with Crippen LogP contribution in [0.25, 0.3) is 0 Å². The van der Waals surface area contributed by atoms with Crippen molar-refractivity contribution < 1.29 is 23.9 Å². The Labute approximate surface area is 230 Å². The quantitative estimate of drug-likeness (QED) is 0.305. The maximum absolute atomic E-state index is 13.3. The van der Waals surface area contributed by atoms with Crippen molar-refractivity contribution in [1.29, 1.82) is 0 Å². The van der Waals surface area contributed by atoms with Gasteiger partial charge in [0.2, 0.25) is 0 Å². The highest BCUT2D eigenvalue weighted by atomic mass is 16.6. The van der Waals surface area contributed by atoms with E-state index in [2.05, 4.69) is 28.7 Å². The normalized spacial score (nSPS) is 22.7. The maximum atomic E-state index is 13.3. The number of nitrogens with zero attached hydrogens (tertiary/aromatic N) is 4. The highest BCUT2D eigenvalue weighted by Crippen LogP contribution is 2.39. The molecule has 4 rings (SSSR count). The number of hydrogen-bond donors (Lipinski definition) is 2. The summed E-state index contributed by atoms with van der Waals surface area (Å²) in [5.41, 5.74) is -0.237. The lowest BCUT2D eigenvalue weighted by Gasteiger charge is -2.36. The number of nitrogens with one attached hydrogen (secondary N) is 2. The third-order valence-electron chi connectivity index (χ3n) is 7.28. The molecule has 11 nitrogen and oxygen atoms in total. The highest BCUT2D eigenvalue weighted by Gasteiger charge is 2.61. The van der Waals surface area contributed by atoms with E-state index in [1.165, 1.54) is 0 Å². The number of carbonyl (C=O) groups excluding carboxylic acids is 3. The Morgan fingerprint density at radius 3 is 2.54 bits per heavy atom. The Morgan fingerprint density at radius 2 is 1.85 bits per heavy atom. The van der Waals surface area contributed by atoms with Crippen LogP contribution in [0.15, 0.2) is 37.4 Å². The van der Waals surface area contributed by atoms with Gasteiger partial charge in [-0.05, 0) is 30.9 Å². The van der Waals surface area contributed by atoms with Crippen LogP contribution in [-0.4, -0.2) is 103 Å². The third kappa shape index (κ3) is 6.03. The molecule has 0 bridgehead atoms. The minimum atomic E-state index is -1.12. The summed E-state index contributed by atoms with van der Waals surface area (Å²) in [6.07, 6.45) is 3.13. The van der Waals surface area contributed by atoms with E-state index >= 15 is 0 Å². The van der Waals surface area contributed by atoms with Crippen LogP contribution in [0.4, 0.5) is 22.1 Å². The lowest BCUT2D eigenvalue weighted by molar-refractivity contribution is -0.141. The first-order valence-electron chi connectivity index (χ1n) is 13.7. The van der Waals surface area contributed by atoms with Crippen LogP contribution in [0.3, 0.4) is 0 Å². The summed E-state index contributed by atoms with van der Waals surface area (Å²) in [4.78, 5) is 49.3. The van der Waals surface area contributed by atoms with E-state index in [-0.39, 0.29) is 24.2 Å². The van der Waals surface area contributed by atoms with Crippen molar-refractivity contribution in [3.63, 3.8) is 0 Å². The molecule has 0 spiro atoms. The van der Waals surface area contributed by atoms with Gasteiger partial charge >= 0.3 is 6.09 Å². The Hall–Kier alpha value is -3.60. The molecule has 2 unspecified atom stereocenters. The number of ether oxygens (including phenoxy) is 2. The van der Waals surface area contributed by atoms with Crippen molar-refractivity contribution >= 4 is 35.1 Å². The van der Waals surface area contributed by atoms with E-state index in [1.807, 2.05) is 26.0 Å². The number of ketones is 1. The summed E-state index contributed by atoms with van der Waals surface area (Å²) >= 11 is 0. The predicted molar refractivity (Wildman–Crippen MR) is 150 cm³/mol. The Balaban J connectivity index is 1.36. The van der Waals surface area contributed by atoms with E-state index in [4.69, 9.17) is 14.5 Å². The van der Waals surface area contributed by atoms with Crippen LogP contribution in [0.2, 0.25) is 0 Å². The predicted octanol–water partition coefficient (Wildman–Crippen LogP) is 2.52. The summed E-state index contributed by atoms with van der Waals surface area (Å²) in [7, 11) is 0. The second kappa shape index (κ2) is 12.5. The molecule has 0 aromatic carbocycles. The van der Waals surface area contributed by atoms with E-state index in [0.29, 0.717) is 65.3 Å². The zero-order chi connectivity index (χ0) is 28.0. The first-order valence-corrected chi connectivity index (χ1v) is 13.7.